The lowest BCUT2D eigenvalue weighted by Crippen LogP contribution is -2.36. The molecular weight excluding hydrogens is 286 g/mol. The number of ether oxygens (including phenoxy) is 1. The van der Waals surface area contributed by atoms with Gasteiger partial charge in [0.25, 0.3) is 0 Å². The summed E-state index contributed by atoms with van der Waals surface area (Å²) in [5, 5.41) is 13.0. The minimum Gasteiger partial charge on any atom is -0.496 e. The minimum absolute atomic E-state index is 0.103. The van der Waals surface area contributed by atoms with Crippen LogP contribution in [-0.4, -0.2) is 46.4 Å². The van der Waals surface area contributed by atoms with Crippen LogP contribution in [0.2, 0.25) is 0 Å². The Hall–Kier alpha value is -2.57. The van der Waals surface area contributed by atoms with E-state index in [9.17, 15) is 4.79 Å². The molecule has 1 aliphatic rings. The number of likely N-dealkylation sites (tertiary alicyclic amines) is 1. The average Bonchev–Trinajstić information content (AvgIpc) is 3.04. The van der Waals surface area contributed by atoms with Crippen molar-refractivity contribution >= 4 is 6.09 Å². The summed E-state index contributed by atoms with van der Waals surface area (Å²) in [6.45, 7) is 0.985. The molecule has 1 aromatic heterocycles. The molecule has 22 heavy (non-hydrogen) atoms. The first-order valence-electron chi connectivity index (χ1n) is 7.14. The number of nitrogens with zero attached hydrogens (tertiary/aromatic N) is 3. The molecule has 1 amide bonds. The summed E-state index contributed by atoms with van der Waals surface area (Å²) >= 11 is 0. The second-order valence-corrected chi connectivity index (χ2v) is 5.20. The number of para-hydroxylation sites is 1. The monoisotopic (exact) mass is 303 g/mol. The van der Waals surface area contributed by atoms with Crippen LogP contribution in [0.25, 0.3) is 11.4 Å². The van der Waals surface area contributed by atoms with Gasteiger partial charge < -0.3 is 19.3 Å². The summed E-state index contributed by atoms with van der Waals surface area (Å²) in [6, 6.07) is 7.49. The molecular formula is C15H17N3O4. The molecule has 2 aromatic rings. The van der Waals surface area contributed by atoms with Crippen LogP contribution in [0.1, 0.15) is 24.7 Å². The van der Waals surface area contributed by atoms with Gasteiger partial charge in [0.1, 0.15) is 5.75 Å². The molecule has 7 heteroatoms. The second kappa shape index (κ2) is 6.05. The molecule has 1 fully saturated rings. The Bertz CT molecular complexity index is 662. The molecule has 2 heterocycles. The van der Waals surface area contributed by atoms with E-state index in [4.69, 9.17) is 14.4 Å². The van der Waals surface area contributed by atoms with Gasteiger partial charge in [-0.3, -0.25) is 0 Å². The normalized spacial score (nSPS) is 15.8. The molecule has 7 nitrogen and oxygen atoms in total. The van der Waals surface area contributed by atoms with E-state index in [1.165, 1.54) is 4.90 Å². The standard InChI is InChI=1S/C15H17N3O4/c1-21-12-5-3-2-4-11(12)13-16-14(22-17-13)10-6-8-18(9-7-10)15(19)20/h2-5,10H,6-9H2,1H3,(H,19,20). The zero-order valence-corrected chi connectivity index (χ0v) is 12.2. The van der Waals surface area contributed by atoms with E-state index in [1.807, 2.05) is 24.3 Å². The van der Waals surface area contributed by atoms with Gasteiger partial charge in [-0.25, -0.2) is 4.79 Å². The van der Waals surface area contributed by atoms with Crippen LogP contribution in [0, 0.1) is 0 Å². The van der Waals surface area contributed by atoms with Crippen molar-refractivity contribution in [3.63, 3.8) is 0 Å². The van der Waals surface area contributed by atoms with E-state index in [2.05, 4.69) is 10.1 Å². The largest absolute Gasteiger partial charge is 0.496 e. The van der Waals surface area contributed by atoms with Crippen molar-refractivity contribution in [2.45, 2.75) is 18.8 Å². The maximum Gasteiger partial charge on any atom is 0.407 e. The predicted molar refractivity (Wildman–Crippen MR) is 77.9 cm³/mol. The quantitative estimate of drug-likeness (QED) is 0.937. The predicted octanol–water partition coefficient (Wildman–Crippen LogP) is 2.60. The first-order chi connectivity index (χ1) is 10.7. The third kappa shape index (κ3) is 2.74. The number of hydrogen-bond donors (Lipinski definition) is 1. The zero-order valence-electron chi connectivity index (χ0n) is 12.2. The molecule has 0 unspecified atom stereocenters. The minimum atomic E-state index is -0.876. The first-order valence-corrected chi connectivity index (χ1v) is 7.14. The average molecular weight is 303 g/mol. The lowest BCUT2D eigenvalue weighted by molar-refractivity contribution is 0.128. The Morgan fingerprint density at radius 3 is 2.77 bits per heavy atom. The van der Waals surface area contributed by atoms with E-state index < -0.39 is 6.09 Å². The Balaban J connectivity index is 1.76. The smallest absolute Gasteiger partial charge is 0.407 e. The van der Waals surface area contributed by atoms with Crippen molar-refractivity contribution in [3.8, 4) is 17.1 Å². The number of rotatable bonds is 3. The molecule has 0 aliphatic carbocycles. The topological polar surface area (TPSA) is 88.7 Å². The Kier molecular flexibility index (Phi) is 3.95. The number of piperidine rings is 1. The highest BCUT2D eigenvalue weighted by atomic mass is 16.5. The molecule has 3 rings (SSSR count). The van der Waals surface area contributed by atoms with Crippen molar-refractivity contribution in [1.29, 1.82) is 0 Å². The maximum absolute atomic E-state index is 10.9. The molecule has 0 spiro atoms. The molecule has 116 valence electrons. The number of carbonyl (C=O) groups is 1. The van der Waals surface area contributed by atoms with Gasteiger partial charge in [0, 0.05) is 19.0 Å². The molecule has 1 saturated heterocycles. The highest BCUT2D eigenvalue weighted by molar-refractivity contribution is 5.65. The fraction of sp³-hybridized carbons (Fsp3) is 0.400. The highest BCUT2D eigenvalue weighted by Gasteiger charge is 2.27. The molecule has 1 aromatic carbocycles. The molecule has 1 N–H and O–H groups in total. The van der Waals surface area contributed by atoms with Crippen molar-refractivity contribution in [1.82, 2.24) is 15.0 Å². The first kappa shape index (κ1) is 14.4. The Labute approximate surface area is 127 Å². The number of benzene rings is 1. The van der Waals surface area contributed by atoms with Crippen LogP contribution in [0.4, 0.5) is 4.79 Å². The van der Waals surface area contributed by atoms with Crippen molar-refractivity contribution in [2.24, 2.45) is 0 Å². The summed E-state index contributed by atoms with van der Waals surface area (Å²) in [5.74, 6) is 1.85. The number of methoxy groups -OCH3 is 1. The fourth-order valence-corrected chi connectivity index (χ4v) is 2.66. The third-order valence-corrected chi connectivity index (χ3v) is 3.90. The number of aromatic nitrogens is 2. The SMILES string of the molecule is COc1ccccc1-c1noc(C2CCN(C(=O)O)CC2)n1. The Morgan fingerprint density at radius 1 is 1.36 bits per heavy atom. The van der Waals surface area contributed by atoms with Crippen molar-refractivity contribution in [3.05, 3.63) is 30.2 Å². The van der Waals surface area contributed by atoms with Gasteiger partial charge in [0.15, 0.2) is 0 Å². The van der Waals surface area contributed by atoms with Gasteiger partial charge in [-0.15, -0.1) is 0 Å². The van der Waals surface area contributed by atoms with Crippen LogP contribution in [0.3, 0.4) is 0 Å². The van der Waals surface area contributed by atoms with Crippen molar-refractivity contribution in [2.75, 3.05) is 20.2 Å². The van der Waals surface area contributed by atoms with Crippen LogP contribution in [-0.2, 0) is 0 Å². The van der Waals surface area contributed by atoms with Gasteiger partial charge in [0.2, 0.25) is 11.7 Å². The number of hydrogen-bond acceptors (Lipinski definition) is 5. The summed E-state index contributed by atoms with van der Waals surface area (Å²) in [4.78, 5) is 16.8. The molecule has 1 aliphatic heterocycles. The molecule has 0 saturated carbocycles. The van der Waals surface area contributed by atoms with Crippen LogP contribution >= 0.6 is 0 Å². The van der Waals surface area contributed by atoms with Gasteiger partial charge >= 0.3 is 6.09 Å². The second-order valence-electron chi connectivity index (χ2n) is 5.20. The van der Waals surface area contributed by atoms with Crippen LogP contribution in [0.5, 0.6) is 5.75 Å². The number of amides is 1. The maximum atomic E-state index is 10.9. The van der Waals surface area contributed by atoms with E-state index in [0.717, 1.165) is 5.56 Å². The summed E-state index contributed by atoms with van der Waals surface area (Å²) in [7, 11) is 1.60. The van der Waals surface area contributed by atoms with Gasteiger partial charge in [-0.1, -0.05) is 17.3 Å². The van der Waals surface area contributed by atoms with E-state index in [-0.39, 0.29) is 5.92 Å². The molecule has 0 radical (unpaired) electrons. The van der Waals surface area contributed by atoms with Gasteiger partial charge in [-0.2, -0.15) is 4.98 Å². The Morgan fingerprint density at radius 2 is 2.09 bits per heavy atom. The summed E-state index contributed by atoms with van der Waals surface area (Å²) in [6.07, 6.45) is 0.512. The molecule has 0 bridgehead atoms. The molecule has 0 atom stereocenters. The lowest BCUT2D eigenvalue weighted by atomic mass is 9.97. The van der Waals surface area contributed by atoms with E-state index in [0.29, 0.717) is 43.4 Å². The fourth-order valence-electron chi connectivity index (χ4n) is 2.66. The zero-order chi connectivity index (χ0) is 15.5. The van der Waals surface area contributed by atoms with E-state index >= 15 is 0 Å². The van der Waals surface area contributed by atoms with Gasteiger partial charge in [-0.05, 0) is 25.0 Å². The van der Waals surface area contributed by atoms with E-state index in [1.54, 1.807) is 7.11 Å². The highest BCUT2D eigenvalue weighted by Crippen LogP contribution is 2.31. The summed E-state index contributed by atoms with van der Waals surface area (Å²) < 4.78 is 10.7. The van der Waals surface area contributed by atoms with Crippen LogP contribution < -0.4 is 4.74 Å². The van der Waals surface area contributed by atoms with Crippen LogP contribution in [0.15, 0.2) is 28.8 Å². The third-order valence-electron chi connectivity index (χ3n) is 3.90. The van der Waals surface area contributed by atoms with Crippen molar-refractivity contribution < 1.29 is 19.2 Å². The summed E-state index contributed by atoms with van der Waals surface area (Å²) in [5.41, 5.74) is 0.781. The van der Waals surface area contributed by atoms with Gasteiger partial charge in [0.05, 0.1) is 12.7 Å². The number of carboxylic acid groups (broad SMARTS) is 1. The lowest BCUT2D eigenvalue weighted by Gasteiger charge is -2.27.